The van der Waals surface area contributed by atoms with Gasteiger partial charge in [-0.3, -0.25) is 19.5 Å². The fourth-order valence-electron chi connectivity index (χ4n) is 6.80. The number of rotatable bonds is 13. The summed E-state index contributed by atoms with van der Waals surface area (Å²) in [6.07, 6.45) is -4.45. The minimum absolute atomic E-state index is 0.0149. The van der Waals surface area contributed by atoms with Crippen molar-refractivity contribution in [3.8, 4) is 17.2 Å². The van der Waals surface area contributed by atoms with Crippen LogP contribution in [0.3, 0.4) is 0 Å². The van der Waals surface area contributed by atoms with Crippen LogP contribution in [0.2, 0.25) is 5.02 Å². The van der Waals surface area contributed by atoms with E-state index in [1.807, 2.05) is 46.6 Å². The van der Waals surface area contributed by atoms with Crippen LogP contribution in [0.4, 0.5) is 13.2 Å². The molecule has 0 saturated carbocycles. The van der Waals surface area contributed by atoms with Gasteiger partial charge in [0.2, 0.25) is 11.8 Å². The zero-order valence-electron chi connectivity index (χ0n) is 28.6. The number of furan rings is 1. The van der Waals surface area contributed by atoms with Crippen molar-refractivity contribution in [2.75, 3.05) is 26.2 Å². The molecule has 11 nitrogen and oxygen atoms in total. The van der Waals surface area contributed by atoms with Crippen LogP contribution in [0.15, 0.2) is 89.5 Å². The second-order valence-corrected chi connectivity index (χ2v) is 13.9. The Morgan fingerprint density at radius 3 is 2.58 bits per heavy atom. The number of piperazine rings is 1. The third-order valence-electron chi connectivity index (χ3n) is 9.46. The van der Waals surface area contributed by atoms with Gasteiger partial charge in [-0.1, -0.05) is 60.1 Å². The molecule has 1 fully saturated rings. The third-order valence-corrected chi connectivity index (χ3v) is 9.68. The number of benzene rings is 2. The molecule has 15 heteroatoms. The van der Waals surface area contributed by atoms with E-state index >= 15 is 0 Å². The number of para-hydroxylation sites is 1. The predicted molar refractivity (Wildman–Crippen MR) is 190 cm³/mol. The van der Waals surface area contributed by atoms with Gasteiger partial charge >= 0.3 is 6.18 Å². The first kappa shape index (κ1) is 38.3. The van der Waals surface area contributed by atoms with Crippen LogP contribution < -0.4 is 20.7 Å². The molecule has 1 saturated heterocycles. The SMILES string of the molecule is O=C(N[C@H]1c2ccccc2OC[C@H]1O)[C@H](Cc1ccccc1)C[C@H](O)CC1CN[C@@H](C(=O)NCC(F)(F)F)CN1Cc1ccc(-c2ccc(Cl)cn2)o1. The van der Waals surface area contributed by atoms with Gasteiger partial charge in [0.15, 0.2) is 5.76 Å². The zero-order chi connectivity index (χ0) is 37.5. The fourth-order valence-corrected chi connectivity index (χ4v) is 6.91. The Morgan fingerprint density at radius 1 is 1.06 bits per heavy atom. The summed E-state index contributed by atoms with van der Waals surface area (Å²) >= 11 is 5.98. The van der Waals surface area contributed by atoms with E-state index in [4.69, 9.17) is 20.8 Å². The van der Waals surface area contributed by atoms with Gasteiger partial charge in [-0.05, 0) is 55.2 Å². The van der Waals surface area contributed by atoms with Crippen molar-refractivity contribution in [3.63, 3.8) is 0 Å². The van der Waals surface area contributed by atoms with Gasteiger partial charge in [-0.25, -0.2) is 0 Å². The Balaban J connectivity index is 1.17. The Morgan fingerprint density at radius 2 is 1.83 bits per heavy atom. The molecule has 4 aromatic rings. The molecular weight excluding hydrogens is 715 g/mol. The first-order valence-corrected chi connectivity index (χ1v) is 17.7. The number of amides is 2. The number of nitrogens with one attached hydrogen (secondary N) is 3. The minimum atomic E-state index is -4.56. The molecule has 2 amide bonds. The van der Waals surface area contributed by atoms with Crippen molar-refractivity contribution in [2.45, 2.75) is 62.3 Å². The smallest absolute Gasteiger partial charge is 0.405 e. The van der Waals surface area contributed by atoms with E-state index in [0.29, 0.717) is 40.0 Å². The minimum Gasteiger partial charge on any atom is -0.490 e. The quantitative estimate of drug-likeness (QED) is 0.134. The molecule has 2 aliphatic heterocycles. The van der Waals surface area contributed by atoms with Crippen molar-refractivity contribution in [2.24, 2.45) is 5.92 Å². The maximum atomic E-state index is 13.9. The Labute approximate surface area is 309 Å². The number of halogens is 4. The lowest BCUT2D eigenvalue weighted by Gasteiger charge is -2.40. The monoisotopic (exact) mass is 755 g/mol. The van der Waals surface area contributed by atoms with Gasteiger partial charge < -0.3 is 35.3 Å². The molecule has 0 spiro atoms. The zero-order valence-corrected chi connectivity index (χ0v) is 29.4. The molecule has 6 rings (SSSR count). The first-order chi connectivity index (χ1) is 25.4. The average Bonchev–Trinajstić information content (AvgIpc) is 3.61. The molecular formula is C38H41ClF3N5O6. The standard InChI is InChI=1S/C38H41ClF3N5O6/c39-25-10-12-30(43-17-25)34-13-11-28(53-34)19-47-20-31(37(51)45-22-38(40,41)42)44-18-26(47)16-27(48)15-24(14-23-6-2-1-3-7-23)36(50)46-35-29-8-4-5-9-33(29)52-21-32(35)49/h1-13,17,24,26-27,31-32,35,44,48-49H,14-16,18-22H2,(H,45,51)(H,46,50)/t24-,26?,27+,31-,32-,35+/m1/s1. The maximum absolute atomic E-state index is 13.9. The van der Waals surface area contributed by atoms with Crippen molar-refractivity contribution < 1.29 is 42.1 Å². The van der Waals surface area contributed by atoms with E-state index in [9.17, 15) is 33.0 Å². The van der Waals surface area contributed by atoms with Crippen LogP contribution in [0.1, 0.15) is 35.8 Å². The van der Waals surface area contributed by atoms with E-state index in [-0.39, 0.29) is 51.0 Å². The van der Waals surface area contributed by atoms with Gasteiger partial charge in [0.1, 0.15) is 36.5 Å². The van der Waals surface area contributed by atoms with Gasteiger partial charge in [0.25, 0.3) is 0 Å². The topological polar surface area (TPSA) is 149 Å². The summed E-state index contributed by atoms with van der Waals surface area (Å²) in [5.74, 6) is -0.244. The Hall–Kier alpha value is -4.47. The second kappa shape index (κ2) is 17.1. The highest BCUT2D eigenvalue weighted by Crippen LogP contribution is 2.33. The fraction of sp³-hybridized carbons (Fsp3) is 0.395. The van der Waals surface area contributed by atoms with Gasteiger partial charge in [-0.2, -0.15) is 13.2 Å². The Bertz CT molecular complexity index is 1830. The van der Waals surface area contributed by atoms with Crippen molar-refractivity contribution in [1.82, 2.24) is 25.8 Å². The molecule has 0 radical (unpaired) electrons. The number of pyridine rings is 1. The molecule has 282 valence electrons. The van der Waals surface area contributed by atoms with Crippen molar-refractivity contribution in [3.05, 3.63) is 107 Å². The number of fused-ring (bicyclic) bond motifs is 1. The number of aliphatic hydroxyl groups excluding tert-OH is 2. The highest BCUT2D eigenvalue weighted by molar-refractivity contribution is 6.30. The summed E-state index contributed by atoms with van der Waals surface area (Å²) in [6.45, 7) is -1.05. The molecule has 0 aliphatic carbocycles. The summed E-state index contributed by atoms with van der Waals surface area (Å²) in [5, 5.41) is 30.8. The largest absolute Gasteiger partial charge is 0.490 e. The molecule has 1 unspecified atom stereocenters. The number of hydrogen-bond donors (Lipinski definition) is 5. The lowest BCUT2D eigenvalue weighted by atomic mass is 9.89. The van der Waals surface area contributed by atoms with Crippen LogP contribution in [-0.4, -0.2) is 88.6 Å². The van der Waals surface area contributed by atoms with Gasteiger partial charge in [0.05, 0.1) is 29.8 Å². The number of nitrogens with zero attached hydrogens (tertiary/aromatic N) is 2. The number of aromatic nitrogens is 1. The van der Waals surface area contributed by atoms with Crippen LogP contribution in [0.5, 0.6) is 5.75 Å². The normalized spacial score (nSPS) is 21.5. The lowest BCUT2D eigenvalue weighted by Crippen LogP contribution is -2.61. The molecule has 4 heterocycles. The Kier molecular flexibility index (Phi) is 12.4. The van der Waals surface area contributed by atoms with E-state index in [2.05, 4.69) is 15.6 Å². The molecule has 2 aliphatic rings. The molecule has 5 N–H and O–H groups in total. The lowest BCUT2D eigenvalue weighted by molar-refractivity contribution is -0.140. The number of ether oxygens (including phenoxy) is 1. The summed E-state index contributed by atoms with van der Waals surface area (Å²) < 4.78 is 50.4. The van der Waals surface area contributed by atoms with Crippen LogP contribution in [0.25, 0.3) is 11.5 Å². The maximum Gasteiger partial charge on any atom is 0.405 e. The van der Waals surface area contributed by atoms with Crippen LogP contribution in [-0.2, 0) is 22.6 Å². The molecule has 0 bridgehead atoms. The highest BCUT2D eigenvalue weighted by Gasteiger charge is 2.37. The first-order valence-electron chi connectivity index (χ1n) is 17.4. The number of hydrogen-bond acceptors (Lipinski definition) is 9. The molecule has 2 aromatic heterocycles. The van der Waals surface area contributed by atoms with Crippen LogP contribution in [0, 0.1) is 5.92 Å². The number of carbonyl (C=O) groups excluding carboxylic acids is 2. The van der Waals surface area contributed by atoms with Gasteiger partial charge in [-0.15, -0.1) is 0 Å². The average molecular weight is 756 g/mol. The van der Waals surface area contributed by atoms with Gasteiger partial charge in [0, 0.05) is 36.8 Å². The summed E-state index contributed by atoms with van der Waals surface area (Å²) in [4.78, 5) is 32.9. The third kappa shape index (κ3) is 10.4. The number of aliphatic hydroxyl groups is 2. The van der Waals surface area contributed by atoms with Crippen LogP contribution >= 0.6 is 11.6 Å². The summed E-state index contributed by atoms with van der Waals surface area (Å²) in [6, 6.07) is 21.4. The predicted octanol–water partition coefficient (Wildman–Crippen LogP) is 4.43. The van der Waals surface area contributed by atoms with E-state index in [1.165, 1.54) is 6.20 Å². The number of carbonyl (C=O) groups is 2. The second-order valence-electron chi connectivity index (χ2n) is 13.4. The number of alkyl halides is 3. The van der Waals surface area contributed by atoms with Crippen molar-refractivity contribution >= 4 is 23.4 Å². The molecule has 6 atom stereocenters. The van der Waals surface area contributed by atoms with E-state index < -0.39 is 48.8 Å². The van der Waals surface area contributed by atoms with E-state index in [0.717, 1.165) is 5.56 Å². The molecule has 2 aromatic carbocycles. The summed E-state index contributed by atoms with van der Waals surface area (Å²) in [5.41, 5.74) is 2.10. The summed E-state index contributed by atoms with van der Waals surface area (Å²) in [7, 11) is 0. The van der Waals surface area contributed by atoms with E-state index in [1.54, 1.807) is 42.5 Å². The van der Waals surface area contributed by atoms with Crippen molar-refractivity contribution in [1.29, 1.82) is 0 Å². The highest BCUT2D eigenvalue weighted by atomic mass is 35.5. The molecule has 53 heavy (non-hydrogen) atoms.